The number of carbonyl (C=O) groups is 1. The lowest BCUT2D eigenvalue weighted by Crippen LogP contribution is -2.26. The molecule has 0 aliphatic rings. The van der Waals surface area contributed by atoms with Crippen LogP contribution in [-0.4, -0.2) is 22.6 Å². The van der Waals surface area contributed by atoms with E-state index in [4.69, 9.17) is 0 Å². The van der Waals surface area contributed by atoms with Crippen LogP contribution in [0.3, 0.4) is 0 Å². The highest BCUT2D eigenvalue weighted by atomic mass is 19.1. The molecule has 0 saturated heterocycles. The van der Waals surface area contributed by atoms with E-state index in [1.165, 1.54) is 24.3 Å². The van der Waals surface area contributed by atoms with Crippen LogP contribution in [0.5, 0.6) is 0 Å². The number of nitrogens with one attached hydrogen (secondary N) is 2. The van der Waals surface area contributed by atoms with Gasteiger partial charge in [0.1, 0.15) is 17.3 Å². The van der Waals surface area contributed by atoms with Crippen LogP contribution in [0.4, 0.5) is 8.78 Å². The summed E-state index contributed by atoms with van der Waals surface area (Å²) >= 11 is 0. The predicted octanol–water partition coefficient (Wildman–Crippen LogP) is 3.33. The molecule has 0 saturated carbocycles. The van der Waals surface area contributed by atoms with Gasteiger partial charge in [0, 0.05) is 12.1 Å². The van der Waals surface area contributed by atoms with Gasteiger partial charge in [0.05, 0.1) is 5.69 Å². The van der Waals surface area contributed by atoms with Crippen molar-refractivity contribution in [3.8, 4) is 11.3 Å². The number of hydrogen-bond acceptors (Lipinski definition) is 2. The molecule has 2 aromatic carbocycles. The maximum absolute atomic E-state index is 12.9. The van der Waals surface area contributed by atoms with Crippen molar-refractivity contribution in [3.63, 3.8) is 0 Å². The molecule has 1 heterocycles. The molecule has 0 unspecified atom stereocenters. The smallest absolute Gasteiger partial charge is 0.269 e. The van der Waals surface area contributed by atoms with Gasteiger partial charge in [0.25, 0.3) is 5.91 Å². The lowest BCUT2D eigenvalue weighted by Gasteiger charge is -2.03. The van der Waals surface area contributed by atoms with E-state index in [0.717, 1.165) is 11.1 Å². The van der Waals surface area contributed by atoms with Gasteiger partial charge in [-0.1, -0.05) is 12.1 Å². The molecular weight excluding hydrogens is 312 g/mol. The molecule has 1 amide bonds. The third-order valence-electron chi connectivity index (χ3n) is 3.57. The average Bonchev–Trinajstić information content (AvgIpc) is 3.07. The first kappa shape index (κ1) is 15.9. The quantitative estimate of drug-likeness (QED) is 0.755. The van der Waals surface area contributed by atoms with Gasteiger partial charge in [-0.2, -0.15) is 5.10 Å². The summed E-state index contributed by atoms with van der Waals surface area (Å²) in [4.78, 5) is 12.1. The first-order valence-corrected chi connectivity index (χ1v) is 7.46. The molecule has 0 spiro atoms. The van der Waals surface area contributed by atoms with E-state index < -0.39 is 0 Å². The summed E-state index contributed by atoms with van der Waals surface area (Å²) in [6.07, 6.45) is 0.602. The Hall–Kier alpha value is -3.02. The largest absolute Gasteiger partial charge is 0.350 e. The lowest BCUT2D eigenvalue weighted by molar-refractivity contribution is 0.0949. The maximum atomic E-state index is 12.9. The standard InChI is InChI=1S/C18H15F2N3O/c19-14-5-1-12(2-6-14)9-10-21-18(24)17-11-16(22-23-17)13-3-7-15(20)8-4-13/h1-8,11H,9-10H2,(H,21,24)(H,22,23). The number of rotatable bonds is 5. The fraction of sp³-hybridized carbons (Fsp3) is 0.111. The molecule has 0 atom stereocenters. The highest BCUT2D eigenvalue weighted by Crippen LogP contribution is 2.17. The Morgan fingerprint density at radius 3 is 2.29 bits per heavy atom. The van der Waals surface area contributed by atoms with Crippen LogP contribution in [-0.2, 0) is 6.42 Å². The molecular formula is C18H15F2N3O. The van der Waals surface area contributed by atoms with Gasteiger partial charge in [0.15, 0.2) is 0 Å². The van der Waals surface area contributed by atoms with Gasteiger partial charge in [-0.15, -0.1) is 0 Å². The van der Waals surface area contributed by atoms with Crippen LogP contribution < -0.4 is 5.32 Å². The molecule has 4 nitrogen and oxygen atoms in total. The number of carbonyl (C=O) groups excluding carboxylic acids is 1. The lowest BCUT2D eigenvalue weighted by atomic mass is 10.1. The normalized spacial score (nSPS) is 10.6. The summed E-state index contributed by atoms with van der Waals surface area (Å²) in [5, 5.41) is 9.50. The second kappa shape index (κ2) is 7.04. The number of nitrogens with zero attached hydrogens (tertiary/aromatic N) is 1. The van der Waals surface area contributed by atoms with Crippen LogP contribution in [0.2, 0.25) is 0 Å². The molecule has 0 bridgehead atoms. The minimum absolute atomic E-state index is 0.280. The number of halogens is 2. The molecule has 0 fully saturated rings. The third kappa shape index (κ3) is 3.84. The first-order valence-electron chi connectivity index (χ1n) is 7.46. The van der Waals surface area contributed by atoms with Crippen molar-refractivity contribution >= 4 is 5.91 Å². The van der Waals surface area contributed by atoms with Gasteiger partial charge in [-0.05, 0) is 54.4 Å². The predicted molar refractivity (Wildman–Crippen MR) is 86.4 cm³/mol. The second-order valence-corrected chi connectivity index (χ2v) is 5.31. The summed E-state index contributed by atoms with van der Waals surface area (Å²) in [5.41, 5.74) is 2.55. The average molecular weight is 327 g/mol. The van der Waals surface area contributed by atoms with Crippen molar-refractivity contribution < 1.29 is 13.6 Å². The Labute approximate surface area is 137 Å². The summed E-state index contributed by atoms with van der Waals surface area (Å²) in [7, 11) is 0. The Morgan fingerprint density at radius 2 is 1.62 bits per heavy atom. The van der Waals surface area contributed by atoms with Crippen molar-refractivity contribution in [1.29, 1.82) is 0 Å². The summed E-state index contributed by atoms with van der Waals surface area (Å²) in [6.45, 7) is 0.426. The summed E-state index contributed by atoms with van der Waals surface area (Å²) in [6, 6.07) is 13.6. The number of H-pyrrole nitrogens is 1. The van der Waals surface area contributed by atoms with Crippen LogP contribution in [0, 0.1) is 11.6 Å². The monoisotopic (exact) mass is 327 g/mol. The topological polar surface area (TPSA) is 57.8 Å². The Morgan fingerprint density at radius 1 is 1.00 bits per heavy atom. The van der Waals surface area contributed by atoms with Gasteiger partial charge in [0.2, 0.25) is 0 Å². The fourth-order valence-corrected chi connectivity index (χ4v) is 2.27. The molecule has 6 heteroatoms. The number of aromatic amines is 1. The molecule has 0 aliphatic heterocycles. The first-order chi connectivity index (χ1) is 11.6. The third-order valence-corrected chi connectivity index (χ3v) is 3.57. The van der Waals surface area contributed by atoms with Crippen molar-refractivity contribution in [2.75, 3.05) is 6.54 Å². The highest BCUT2D eigenvalue weighted by Gasteiger charge is 2.10. The van der Waals surface area contributed by atoms with Crippen LogP contribution in [0.1, 0.15) is 16.1 Å². The number of benzene rings is 2. The number of amides is 1. The van der Waals surface area contributed by atoms with Crippen LogP contribution in [0.25, 0.3) is 11.3 Å². The Kier molecular flexibility index (Phi) is 4.65. The molecule has 1 aromatic heterocycles. The number of aromatic nitrogens is 2. The van der Waals surface area contributed by atoms with Crippen molar-refractivity contribution in [2.45, 2.75) is 6.42 Å². The number of hydrogen-bond donors (Lipinski definition) is 2. The summed E-state index contributed by atoms with van der Waals surface area (Å²) < 4.78 is 25.7. The minimum Gasteiger partial charge on any atom is -0.350 e. The fourth-order valence-electron chi connectivity index (χ4n) is 2.27. The molecule has 24 heavy (non-hydrogen) atoms. The van der Waals surface area contributed by atoms with Gasteiger partial charge < -0.3 is 5.32 Å². The van der Waals surface area contributed by atoms with E-state index >= 15 is 0 Å². The molecule has 0 radical (unpaired) electrons. The molecule has 0 aliphatic carbocycles. The van der Waals surface area contributed by atoms with Gasteiger partial charge in [-0.25, -0.2) is 8.78 Å². The maximum Gasteiger partial charge on any atom is 0.269 e. The van der Waals surface area contributed by atoms with E-state index in [1.54, 1.807) is 30.3 Å². The zero-order valence-electron chi connectivity index (χ0n) is 12.7. The molecule has 3 rings (SSSR count). The Balaban J connectivity index is 1.57. The van der Waals surface area contributed by atoms with E-state index in [-0.39, 0.29) is 17.5 Å². The van der Waals surface area contributed by atoms with Crippen LogP contribution >= 0.6 is 0 Å². The Bertz CT molecular complexity index is 826. The van der Waals surface area contributed by atoms with Gasteiger partial charge in [-0.3, -0.25) is 9.89 Å². The highest BCUT2D eigenvalue weighted by molar-refractivity contribution is 5.93. The van der Waals surface area contributed by atoms with Crippen LogP contribution in [0.15, 0.2) is 54.6 Å². The van der Waals surface area contributed by atoms with Crippen molar-refractivity contribution in [1.82, 2.24) is 15.5 Å². The van der Waals surface area contributed by atoms with Crippen molar-refractivity contribution in [3.05, 3.63) is 77.5 Å². The zero-order chi connectivity index (χ0) is 16.9. The molecule has 3 aromatic rings. The molecule has 2 N–H and O–H groups in total. The van der Waals surface area contributed by atoms with E-state index in [9.17, 15) is 13.6 Å². The second-order valence-electron chi connectivity index (χ2n) is 5.31. The SMILES string of the molecule is O=C(NCCc1ccc(F)cc1)c1cc(-c2ccc(F)cc2)n[nH]1. The van der Waals surface area contributed by atoms with Gasteiger partial charge >= 0.3 is 0 Å². The van der Waals surface area contributed by atoms with E-state index in [0.29, 0.717) is 24.4 Å². The minimum atomic E-state index is -0.326. The summed E-state index contributed by atoms with van der Waals surface area (Å²) in [5.74, 6) is -0.889. The van der Waals surface area contributed by atoms with E-state index in [1.807, 2.05) is 0 Å². The zero-order valence-corrected chi connectivity index (χ0v) is 12.7. The van der Waals surface area contributed by atoms with Crippen molar-refractivity contribution in [2.24, 2.45) is 0 Å². The van der Waals surface area contributed by atoms with E-state index in [2.05, 4.69) is 15.5 Å². The molecule has 122 valence electrons.